The lowest BCUT2D eigenvalue weighted by Gasteiger charge is -2.21. The molecule has 1 aliphatic carbocycles. The van der Waals surface area contributed by atoms with Gasteiger partial charge in [-0.05, 0) is 118 Å². The molecule has 0 saturated heterocycles. The Morgan fingerprint density at radius 3 is 1.89 bits per heavy atom. The highest BCUT2D eigenvalue weighted by atomic mass is 16.3. The summed E-state index contributed by atoms with van der Waals surface area (Å²) in [6, 6.07) is 63.6. The van der Waals surface area contributed by atoms with Gasteiger partial charge in [0.15, 0.2) is 5.58 Å². The number of nitrogens with zero attached hydrogens (tertiary/aromatic N) is 3. The molecule has 0 radical (unpaired) electrons. The first-order chi connectivity index (χ1) is 27.5. The summed E-state index contributed by atoms with van der Waals surface area (Å²) in [6.07, 6.45) is 0. The second kappa shape index (κ2) is 11.4. The Hall–Kier alpha value is -7.17. The van der Waals surface area contributed by atoms with Crippen LogP contribution in [0.2, 0.25) is 0 Å². The first-order valence-electron chi connectivity index (χ1n) is 19.3. The van der Waals surface area contributed by atoms with Crippen molar-refractivity contribution < 1.29 is 4.42 Å². The Morgan fingerprint density at radius 2 is 1.07 bits per heavy atom. The molecule has 56 heavy (non-hydrogen) atoms. The van der Waals surface area contributed by atoms with Crippen LogP contribution >= 0.6 is 0 Å². The molecule has 0 bridgehead atoms. The number of oxazole rings is 1. The third kappa shape index (κ3) is 4.32. The summed E-state index contributed by atoms with van der Waals surface area (Å²) in [4.78, 5) is 4.72. The monoisotopic (exact) mass is 717 g/mol. The van der Waals surface area contributed by atoms with E-state index in [9.17, 15) is 0 Å². The predicted molar refractivity (Wildman–Crippen MR) is 231 cm³/mol. The van der Waals surface area contributed by atoms with Crippen molar-refractivity contribution in [2.24, 2.45) is 0 Å². The Kier molecular flexibility index (Phi) is 6.37. The smallest absolute Gasteiger partial charge is 0.227 e. The topological polar surface area (TPSA) is 35.9 Å². The molecule has 0 spiro atoms. The van der Waals surface area contributed by atoms with Crippen LogP contribution in [-0.2, 0) is 5.41 Å². The zero-order valence-corrected chi connectivity index (χ0v) is 31.0. The Labute approximate surface area is 323 Å². The number of hydrogen-bond donors (Lipinski definition) is 0. The van der Waals surface area contributed by atoms with Gasteiger partial charge in [-0.25, -0.2) is 4.98 Å². The average molecular weight is 718 g/mol. The first kappa shape index (κ1) is 31.2. The standard InChI is InChI=1S/C52H35N3O/c1-52(2)41-16-8-6-15-38(41)49-42(52)26-29-47-50(49)40-31-34(23-28-46(40)55(47)35-12-4-3-5-13-35)33-22-27-45-39(30-33)37-14-7-10-18-44(37)54(45)36-24-20-32(21-25-36)51-53-43-17-9-11-19-48(43)56-51/h3-31H,1-2H3. The molecule has 0 unspecified atom stereocenters. The van der Waals surface area contributed by atoms with Crippen molar-refractivity contribution in [1.82, 2.24) is 14.1 Å². The van der Waals surface area contributed by atoms with Gasteiger partial charge in [-0.1, -0.05) is 105 Å². The van der Waals surface area contributed by atoms with E-state index in [0.717, 1.165) is 22.4 Å². The van der Waals surface area contributed by atoms with Crippen molar-refractivity contribution >= 4 is 54.7 Å². The van der Waals surface area contributed by atoms with Crippen molar-refractivity contribution in [3.63, 3.8) is 0 Å². The van der Waals surface area contributed by atoms with E-state index in [4.69, 9.17) is 9.40 Å². The van der Waals surface area contributed by atoms with Crippen molar-refractivity contribution in [2.75, 3.05) is 0 Å². The summed E-state index contributed by atoms with van der Waals surface area (Å²) in [5, 5.41) is 5.04. The predicted octanol–water partition coefficient (Wildman–Crippen LogP) is 13.7. The quantitative estimate of drug-likeness (QED) is 0.182. The molecule has 0 fully saturated rings. The van der Waals surface area contributed by atoms with Crippen molar-refractivity contribution in [2.45, 2.75) is 19.3 Å². The van der Waals surface area contributed by atoms with Crippen LogP contribution in [0, 0.1) is 0 Å². The van der Waals surface area contributed by atoms with Gasteiger partial charge in [0.25, 0.3) is 0 Å². The Morgan fingerprint density at radius 1 is 0.464 bits per heavy atom. The number of fused-ring (bicyclic) bond motifs is 11. The van der Waals surface area contributed by atoms with Gasteiger partial charge in [0, 0.05) is 43.9 Å². The van der Waals surface area contributed by atoms with Gasteiger partial charge in [0.05, 0.1) is 22.1 Å². The molecule has 4 heteroatoms. The minimum absolute atomic E-state index is 0.0806. The fraction of sp³-hybridized carbons (Fsp3) is 0.0577. The highest BCUT2D eigenvalue weighted by molar-refractivity contribution is 6.19. The van der Waals surface area contributed by atoms with E-state index in [1.807, 2.05) is 24.3 Å². The number of rotatable bonds is 4. The van der Waals surface area contributed by atoms with E-state index in [1.165, 1.54) is 82.7 Å². The summed E-state index contributed by atoms with van der Waals surface area (Å²) >= 11 is 0. The normalized spacial score (nSPS) is 13.3. The van der Waals surface area contributed by atoms with Gasteiger partial charge in [0.2, 0.25) is 5.89 Å². The molecule has 3 aromatic heterocycles. The molecule has 0 N–H and O–H groups in total. The van der Waals surface area contributed by atoms with Crippen molar-refractivity contribution in [3.05, 3.63) is 187 Å². The van der Waals surface area contributed by atoms with Crippen LogP contribution in [-0.4, -0.2) is 14.1 Å². The van der Waals surface area contributed by atoms with E-state index in [0.29, 0.717) is 5.89 Å². The maximum Gasteiger partial charge on any atom is 0.227 e. The molecule has 11 aromatic rings. The average Bonchev–Trinajstić information content (AvgIpc) is 3.98. The van der Waals surface area contributed by atoms with E-state index in [2.05, 4.69) is 175 Å². The summed E-state index contributed by atoms with van der Waals surface area (Å²) in [6.45, 7) is 4.73. The zero-order chi connectivity index (χ0) is 37.1. The van der Waals surface area contributed by atoms with Crippen LogP contribution in [0.1, 0.15) is 25.0 Å². The second-order valence-corrected chi connectivity index (χ2v) is 15.6. The number of benzene rings is 8. The van der Waals surface area contributed by atoms with Crippen LogP contribution in [0.5, 0.6) is 0 Å². The molecule has 0 saturated carbocycles. The fourth-order valence-corrected chi connectivity index (χ4v) is 9.52. The summed E-state index contributed by atoms with van der Waals surface area (Å²) in [7, 11) is 0. The van der Waals surface area contributed by atoms with Crippen LogP contribution in [0.3, 0.4) is 0 Å². The Bertz CT molecular complexity index is 3340. The van der Waals surface area contributed by atoms with Crippen molar-refractivity contribution in [1.29, 1.82) is 0 Å². The molecule has 0 amide bonds. The van der Waals surface area contributed by atoms with Gasteiger partial charge >= 0.3 is 0 Å². The molecule has 12 rings (SSSR count). The van der Waals surface area contributed by atoms with Gasteiger partial charge in [-0.15, -0.1) is 0 Å². The van der Waals surface area contributed by atoms with Gasteiger partial charge < -0.3 is 13.6 Å². The van der Waals surface area contributed by atoms with Crippen LogP contribution < -0.4 is 0 Å². The number of hydrogen-bond acceptors (Lipinski definition) is 2. The van der Waals surface area contributed by atoms with Gasteiger partial charge in [0.1, 0.15) is 5.52 Å². The Balaban J connectivity index is 1.04. The molecule has 3 heterocycles. The van der Waals surface area contributed by atoms with Crippen LogP contribution in [0.25, 0.3) is 99.8 Å². The summed E-state index contributed by atoms with van der Waals surface area (Å²) < 4.78 is 10.9. The summed E-state index contributed by atoms with van der Waals surface area (Å²) in [5.41, 5.74) is 17.5. The molecule has 0 aliphatic heterocycles. The lowest BCUT2D eigenvalue weighted by molar-refractivity contribution is 0.620. The molecule has 0 atom stereocenters. The minimum atomic E-state index is -0.0806. The molecule has 4 nitrogen and oxygen atoms in total. The molecule has 1 aliphatic rings. The maximum absolute atomic E-state index is 6.08. The van der Waals surface area contributed by atoms with E-state index < -0.39 is 0 Å². The largest absolute Gasteiger partial charge is 0.436 e. The lowest BCUT2D eigenvalue weighted by atomic mass is 9.82. The lowest BCUT2D eigenvalue weighted by Crippen LogP contribution is -2.14. The second-order valence-electron chi connectivity index (χ2n) is 15.6. The molecular formula is C52H35N3O. The van der Waals surface area contributed by atoms with Crippen LogP contribution in [0.15, 0.2) is 180 Å². The number of aromatic nitrogens is 3. The zero-order valence-electron chi connectivity index (χ0n) is 31.0. The SMILES string of the molecule is CC1(C)c2ccccc2-c2c1ccc1c2c2cc(-c3ccc4c(c3)c3ccccc3n4-c3ccc(-c4nc5ccccc5o4)cc3)ccc2n1-c1ccccc1. The van der Waals surface area contributed by atoms with E-state index in [1.54, 1.807) is 0 Å². The first-order valence-corrected chi connectivity index (χ1v) is 19.3. The highest BCUT2D eigenvalue weighted by Crippen LogP contribution is 2.53. The maximum atomic E-state index is 6.08. The van der Waals surface area contributed by atoms with Crippen molar-refractivity contribution in [3.8, 4) is 45.1 Å². The van der Waals surface area contributed by atoms with Gasteiger partial charge in [-0.2, -0.15) is 0 Å². The summed E-state index contributed by atoms with van der Waals surface area (Å²) in [5.74, 6) is 0.631. The third-order valence-electron chi connectivity index (χ3n) is 12.2. The van der Waals surface area contributed by atoms with E-state index in [-0.39, 0.29) is 5.41 Å². The third-order valence-corrected chi connectivity index (χ3v) is 12.2. The minimum Gasteiger partial charge on any atom is -0.436 e. The molecule has 264 valence electrons. The fourth-order valence-electron chi connectivity index (χ4n) is 9.52. The number of para-hydroxylation sites is 4. The molecular weight excluding hydrogens is 683 g/mol. The molecule has 8 aromatic carbocycles. The van der Waals surface area contributed by atoms with Crippen LogP contribution in [0.4, 0.5) is 0 Å². The highest BCUT2D eigenvalue weighted by Gasteiger charge is 2.37. The van der Waals surface area contributed by atoms with E-state index >= 15 is 0 Å². The van der Waals surface area contributed by atoms with Gasteiger partial charge in [-0.3, -0.25) is 0 Å².